The number of aryl methyl sites for hydroxylation is 1. The van der Waals surface area contributed by atoms with Crippen molar-refractivity contribution >= 4 is 11.8 Å². The van der Waals surface area contributed by atoms with Crippen molar-refractivity contribution in [2.24, 2.45) is 0 Å². The lowest BCUT2D eigenvalue weighted by Gasteiger charge is -2.13. The lowest BCUT2D eigenvalue weighted by Crippen LogP contribution is -2.17. The second kappa shape index (κ2) is 6.73. The summed E-state index contributed by atoms with van der Waals surface area (Å²) in [7, 11) is 0. The molecule has 0 radical (unpaired) electrons. The Bertz CT molecular complexity index is 540. The first-order valence-electron chi connectivity index (χ1n) is 6.63. The number of pyridine rings is 1. The summed E-state index contributed by atoms with van der Waals surface area (Å²) in [6.07, 6.45) is 1.89. The van der Waals surface area contributed by atoms with Gasteiger partial charge in [0.25, 0.3) is 0 Å². The third-order valence-electron chi connectivity index (χ3n) is 3.08. The van der Waals surface area contributed by atoms with Gasteiger partial charge in [0.2, 0.25) is 0 Å². The Morgan fingerprint density at radius 2 is 2.05 bits per heavy atom. The van der Waals surface area contributed by atoms with Gasteiger partial charge in [-0.1, -0.05) is 36.9 Å². The zero-order chi connectivity index (χ0) is 13.7. The van der Waals surface area contributed by atoms with Crippen LogP contribution in [-0.2, 0) is 0 Å². The molecule has 0 aliphatic carbocycles. The summed E-state index contributed by atoms with van der Waals surface area (Å²) in [6.45, 7) is 7.42. The summed E-state index contributed by atoms with van der Waals surface area (Å²) in [5, 5.41) is 4.48. The maximum Gasteiger partial charge on any atom is 0.101 e. The number of aromatic nitrogens is 1. The van der Waals surface area contributed by atoms with E-state index in [9.17, 15) is 0 Å². The van der Waals surface area contributed by atoms with E-state index in [1.54, 1.807) is 11.8 Å². The molecule has 1 aromatic heterocycles. The Morgan fingerprint density at radius 1 is 1.26 bits per heavy atom. The largest absolute Gasteiger partial charge is 0.310 e. The molecular formula is C16H20N2S. The number of nitrogens with one attached hydrogen (secondary N) is 1. The minimum atomic E-state index is 0.365. The van der Waals surface area contributed by atoms with Crippen LogP contribution in [-0.4, -0.2) is 11.5 Å². The zero-order valence-corrected chi connectivity index (χ0v) is 12.5. The number of rotatable bonds is 5. The molecule has 1 heterocycles. The van der Waals surface area contributed by atoms with Crippen LogP contribution < -0.4 is 5.32 Å². The van der Waals surface area contributed by atoms with Gasteiger partial charge in [-0.15, -0.1) is 0 Å². The van der Waals surface area contributed by atoms with Crippen molar-refractivity contribution in [2.75, 3.05) is 6.54 Å². The van der Waals surface area contributed by atoms with Gasteiger partial charge in [-0.25, -0.2) is 4.98 Å². The van der Waals surface area contributed by atoms with E-state index in [2.05, 4.69) is 67.5 Å². The van der Waals surface area contributed by atoms with Crippen molar-refractivity contribution < 1.29 is 0 Å². The van der Waals surface area contributed by atoms with Gasteiger partial charge in [0.1, 0.15) is 5.03 Å². The van der Waals surface area contributed by atoms with Crippen LogP contribution in [0.5, 0.6) is 0 Å². The fourth-order valence-electron chi connectivity index (χ4n) is 1.96. The summed E-state index contributed by atoms with van der Waals surface area (Å²) in [6, 6.07) is 13.0. The zero-order valence-electron chi connectivity index (χ0n) is 11.7. The highest BCUT2D eigenvalue weighted by Gasteiger charge is 2.07. The van der Waals surface area contributed by atoms with Crippen LogP contribution in [0.15, 0.2) is 52.5 Å². The number of nitrogens with zero attached hydrogens (tertiary/aromatic N) is 1. The fraction of sp³-hybridized carbons (Fsp3) is 0.312. The van der Waals surface area contributed by atoms with Gasteiger partial charge in [0.05, 0.1) is 0 Å². The van der Waals surface area contributed by atoms with E-state index in [-0.39, 0.29) is 0 Å². The van der Waals surface area contributed by atoms with E-state index in [1.807, 2.05) is 6.20 Å². The molecule has 1 aromatic carbocycles. The lowest BCUT2D eigenvalue weighted by atomic mass is 10.1. The van der Waals surface area contributed by atoms with E-state index in [1.165, 1.54) is 16.0 Å². The Hall–Kier alpha value is -1.32. The van der Waals surface area contributed by atoms with E-state index in [0.717, 1.165) is 11.6 Å². The summed E-state index contributed by atoms with van der Waals surface area (Å²) < 4.78 is 0. The first-order valence-corrected chi connectivity index (χ1v) is 7.45. The van der Waals surface area contributed by atoms with Crippen LogP contribution in [0.3, 0.4) is 0 Å². The average molecular weight is 272 g/mol. The molecule has 19 heavy (non-hydrogen) atoms. The second-order valence-electron chi connectivity index (χ2n) is 4.57. The lowest BCUT2D eigenvalue weighted by molar-refractivity contribution is 0.596. The maximum absolute atomic E-state index is 4.45. The molecule has 0 saturated heterocycles. The molecular weight excluding hydrogens is 252 g/mol. The summed E-state index contributed by atoms with van der Waals surface area (Å²) in [5.74, 6) is 0. The molecule has 0 fully saturated rings. The van der Waals surface area contributed by atoms with Gasteiger partial charge < -0.3 is 5.32 Å². The molecule has 2 rings (SSSR count). The van der Waals surface area contributed by atoms with Crippen LogP contribution >= 0.6 is 11.8 Å². The van der Waals surface area contributed by atoms with Crippen LogP contribution in [0, 0.1) is 6.92 Å². The molecule has 0 bridgehead atoms. The molecule has 2 nitrogen and oxygen atoms in total. The Labute approximate surface area is 119 Å². The van der Waals surface area contributed by atoms with Crippen molar-refractivity contribution in [3.8, 4) is 0 Å². The van der Waals surface area contributed by atoms with E-state index >= 15 is 0 Å². The number of hydrogen-bond acceptors (Lipinski definition) is 3. The summed E-state index contributed by atoms with van der Waals surface area (Å²) in [4.78, 5) is 5.72. The van der Waals surface area contributed by atoms with E-state index in [4.69, 9.17) is 0 Å². The summed E-state index contributed by atoms with van der Waals surface area (Å²) in [5.41, 5.74) is 2.58. The first kappa shape index (κ1) is 14.1. The van der Waals surface area contributed by atoms with Gasteiger partial charge in [0.15, 0.2) is 0 Å². The van der Waals surface area contributed by atoms with Crippen LogP contribution in [0.25, 0.3) is 0 Å². The Balaban J connectivity index is 2.18. The van der Waals surface area contributed by atoms with E-state index < -0.39 is 0 Å². The van der Waals surface area contributed by atoms with Gasteiger partial charge in [-0.3, -0.25) is 0 Å². The fourth-order valence-corrected chi connectivity index (χ4v) is 2.87. The van der Waals surface area contributed by atoms with Gasteiger partial charge in [0, 0.05) is 17.1 Å². The molecule has 0 aliphatic heterocycles. The normalized spacial score (nSPS) is 12.4. The molecule has 1 N–H and O–H groups in total. The molecule has 1 unspecified atom stereocenters. The quantitative estimate of drug-likeness (QED) is 0.882. The maximum atomic E-state index is 4.45. The monoisotopic (exact) mass is 272 g/mol. The molecule has 0 amide bonds. The van der Waals surface area contributed by atoms with Crippen molar-refractivity contribution in [2.45, 2.75) is 36.7 Å². The molecule has 3 heteroatoms. The van der Waals surface area contributed by atoms with Crippen molar-refractivity contribution in [1.29, 1.82) is 0 Å². The molecule has 2 aromatic rings. The SMILES string of the molecule is CCNC(C)c1ccnc(Sc2ccccc2C)c1. The Kier molecular flexibility index (Phi) is 5.00. The third kappa shape index (κ3) is 3.82. The summed E-state index contributed by atoms with van der Waals surface area (Å²) >= 11 is 1.72. The Morgan fingerprint density at radius 3 is 2.79 bits per heavy atom. The predicted molar refractivity (Wildman–Crippen MR) is 81.6 cm³/mol. The van der Waals surface area contributed by atoms with E-state index in [0.29, 0.717) is 6.04 Å². The number of benzene rings is 1. The van der Waals surface area contributed by atoms with Crippen molar-refractivity contribution in [1.82, 2.24) is 10.3 Å². The van der Waals surface area contributed by atoms with Gasteiger partial charge >= 0.3 is 0 Å². The predicted octanol–water partition coefficient (Wildman–Crippen LogP) is 4.21. The van der Waals surface area contributed by atoms with Gasteiger partial charge in [-0.2, -0.15) is 0 Å². The third-order valence-corrected chi connectivity index (χ3v) is 4.19. The topological polar surface area (TPSA) is 24.9 Å². The second-order valence-corrected chi connectivity index (χ2v) is 5.64. The number of hydrogen-bond donors (Lipinski definition) is 1. The first-order chi connectivity index (χ1) is 9.20. The molecule has 1 atom stereocenters. The molecule has 100 valence electrons. The highest BCUT2D eigenvalue weighted by Crippen LogP contribution is 2.29. The van der Waals surface area contributed by atoms with Crippen LogP contribution in [0.1, 0.15) is 31.0 Å². The minimum Gasteiger partial charge on any atom is -0.310 e. The highest BCUT2D eigenvalue weighted by atomic mass is 32.2. The van der Waals surface area contributed by atoms with Crippen molar-refractivity contribution in [3.63, 3.8) is 0 Å². The standard InChI is InChI=1S/C16H20N2S/c1-4-17-13(3)14-9-10-18-16(11-14)19-15-8-6-5-7-12(15)2/h5-11,13,17H,4H2,1-3H3. The average Bonchev–Trinajstić information content (AvgIpc) is 2.42. The van der Waals surface area contributed by atoms with Gasteiger partial charge in [-0.05, 0) is 49.7 Å². The van der Waals surface area contributed by atoms with Crippen LogP contribution in [0.4, 0.5) is 0 Å². The molecule has 0 spiro atoms. The van der Waals surface area contributed by atoms with Crippen molar-refractivity contribution in [3.05, 3.63) is 53.7 Å². The molecule has 0 saturated carbocycles. The van der Waals surface area contributed by atoms with Crippen LogP contribution in [0.2, 0.25) is 0 Å². The molecule has 0 aliphatic rings. The minimum absolute atomic E-state index is 0.365. The smallest absolute Gasteiger partial charge is 0.101 e. The highest BCUT2D eigenvalue weighted by molar-refractivity contribution is 7.99.